The maximum atomic E-state index is 12.0. The van der Waals surface area contributed by atoms with Crippen molar-refractivity contribution in [3.05, 3.63) is 34.7 Å². The number of hydrogen-bond donors (Lipinski definition) is 2. The molecule has 0 aliphatic rings. The van der Waals surface area contributed by atoms with E-state index in [1.54, 1.807) is 24.4 Å². The minimum Gasteiger partial charge on any atom is -0.610 e. The van der Waals surface area contributed by atoms with E-state index >= 15 is 0 Å². The van der Waals surface area contributed by atoms with Gasteiger partial charge in [0.2, 0.25) is 0 Å². The molecule has 2 rings (SSSR count). The van der Waals surface area contributed by atoms with Crippen LogP contribution < -0.4 is 5.32 Å². The van der Waals surface area contributed by atoms with Crippen molar-refractivity contribution in [2.75, 3.05) is 11.6 Å². The van der Waals surface area contributed by atoms with Crippen molar-refractivity contribution in [2.24, 2.45) is 0 Å². The third-order valence-corrected chi connectivity index (χ3v) is 4.19. The molecular formula is C12H12N2O3S2. The summed E-state index contributed by atoms with van der Waals surface area (Å²) in [6, 6.07) is 4.94. The predicted octanol–water partition coefficient (Wildman–Crippen LogP) is 2.15. The molecular weight excluding hydrogens is 284 g/mol. The number of nitrogens with one attached hydrogen (secondary N) is 1. The number of benzene rings is 1. The molecule has 0 fully saturated rings. The lowest BCUT2D eigenvalue weighted by Gasteiger charge is -2.06. The average Bonchev–Trinajstić information content (AvgIpc) is 2.81. The molecule has 2 aromatic rings. The molecule has 7 heteroatoms. The molecule has 0 aliphatic heterocycles. The highest BCUT2D eigenvalue weighted by molar-refractivity contribution is 7.90. The van der Waals surface area contributed by atoms with Crippen LogP contribution in [-0.2, 0) is 11.2 Å². The first-order valence-electron chi connectivity index (χ1n) is 5.38. The Morgan fingerprint density at radius 1 is 1.53 bits per heavy atom. The number of aromatic nitrogens is 1. The van der Waals surface area contributed by atoms with Crippen LogP contribution in [-0.4, -0.2) is 26.8 Å². The first-order valence-corrected chi connectivity index (χ1v) is 7.81. The Balaban J connectivity index is 2.18. The monoisotopic (exact) mass is 296 g/mol. The topological polar surface area (TPSA) is 85.3 Å². The molecule has 19 heavy (non-hydrogen) atoms. The SMILES string of the molecule is Cc1cccc(C(=O)Nc2nc([S+](C)[O-])cs2)c1O. The highest BCUT2D eigenvalue weighted by Crippen LogP contribution is 2.24. The Morgan fingerprint density at radius 3 is 2.89 bits per heavy atom. The molecule has 0 saturated heterocycles. The second-order valence-corrected chi connectivity index (χ2v) is 6.05. The van der Waals surface area contributed by atoms with E-state index in [0.717, 1.165) is 0 Å². The first kappa shape index (κ1) is 13.9. The Hall–Kier alpha value is -1.57. The molecule has 2 N–H and O–H groups in total. The van der Waals surface area contributed by atoms with Crippen molar-refractivity contribution in [3.8, 4) is 5.75 Å². The van der Waals surface area contributed by atoms with Crippen LogP contribution in [0.25, 0.3) is 0 Å². The predicted molar refractivity (Wildman–Crippen MR) is 75.2 cm³/mol. The molecule has 0 bridgehead atoms. The van der Waals surface area contributed by atoms with Crippen LogP contribution in [0, 0.1) is 6.92 Å². The molecule has 0 radical (unpaired) electrons. The summed E-state index contributed by atoms with van der Waals surface area (Å²) in [6.07, 6.45) is 1.52. The number of carbonyl (C=O) groups is 1. The molecule has 0 saturated carbocycles. The van der Waals surface area contributed by atoms with Crippen molar-refractivity contribution < 1.29 is 14.5 Å². The third kappa shape index (κ3) is 3.06. The van der Waals surface area contributed by atoms with Gasteiger partial charge in [0.25, 0.3) is 10.9 Å². The summed E-state index contributed by atoms with van der Waals surface area (Å²) in [5, 5.41) is 14.8. The van der Waals surface area contributed by atoms with E-state index in [2.05, 4.69) is 10.3 Å². The zero-order valence-electron chi connectivity index (χ0n) is 10.3. The lowest BCUT2D eigenvalue weighted by atomic mass is 10.1. The number of hydrogen-bond acceptors (Lipinski definition) is 5. The van der Waals surface area contributed by atoms with Crippen molar-refractivity contribution >= 4 is 33.6 Å². The highest BCUT2D eigenvalue weighted by atomic mass is 32.2. The van der Waals surface area contributed by atoms with E-state index in [4.69, 9.17) is 0 Å². The van der Waals surface area contributed by atoms with Gasteiger partial charge in [0.1, 0.15) is 12.0 Å². The molecule has 100 valence electrons. The van der Waals surface area contributed by atoms with Crippen molar-refractivity contribution in [2.45, 2.75) is 11.9 Å². The fourth-order valence-electron chi connectivity index (χ4n) is 1.46. The quantitative estimate of drug-likeness (QED) is 0.850. The number of carbonyl (C=O) groups excluding carboxylic acids is 1. The summed E-state index contributed by atoms with van der Waals surface area (Å²) in [6.45, 7) is 1.72. The smallest absolute Gasteiger partial charge is 0.261 e. The van der Waals surface area contributed by atoms with Gasteiger partial charge < -0.3 is 9.66 Å². The van der Waals surface area contributed by atoms with Gasteiger partial charge in [0.15, 0.2) is 5.13 Å². The summed E-state index contributed by atoms with van der Waals surface area (Å²) < 4.78 is 11.2. The van der Waals surface area contributed by atoms with Crippen molar-refractivity contribution in [1.29, 1.82) is 0 Å². The van der Waals surface area contributed by atoms with Gasteiger partial charge in [-0.1, -0.05) is 23.5 Å². The van der Waals surface area contributed by atoms with Crippen molar-refractivity contribution in [3.63, 3.8) is 0 Å². The standard InChI is InChI=1S/C12H12N2O3S2/c1-7-4-3-5-8(10(7)15)11(16)14-12-13-9(6-18-12)19(2)17/h3-6,15H,1-2H3,(H,13,14,16). The number of amides is 1. The van der Waals surface area contributed by atoms with Gasteiger partial charge in [0.05, 0.1) is 10.9 Å². The van der Waals surface area contributed by atoms with Gasteiger partial charge in [-0.3, -0.25) is 10.1 Å². The van der Waals surface area contributed by atoms with E-state index in [-0.39, 0.29) is 11.3 Å². The lowest BCUT2D eigenvalue weighted by Crippen LogP contribution is -2.12. The van der Waals surface area contributed by atoms with Gasteiger partial charge in [-0.2, -0.15) is 4.98 Å². The summed E-state index contributed by atoms with van der Waals surface area (Å²) in [5.74, 6) is -0.486. The second kappa shape index (κ2) is 5.60. The maximum Gasteiger partial charge on any atom is 0.261 e. The van der Waals surface area contributed by atoms with Gasteiger partial charge in [-0.05, 0) is 18.6 Å². The number of para-hydroxylation sites is 1. The van der Waals surface area contributed by atoms with Crippen LogP contribution in [0.4, 0.5) is 5.13 Å². The zero-order valence-corrected chi connectivity index (χ0v) is 12.0. The molecule has 0 spiro atoms. The molecule has 1 amide bonds. The number of aromatic hydroxyl groups is 1. The van der Waals surface area contributed by atoms with Crippen LogP contribution in [0.2, 0.25) is 0 Å². The molecule has 1 aromatic heterocycles. The van der Waals surface area contributed by atoms with E-state index in [9.17, 15) is 14.5 Å². The van der Waals surface area contributed by atoms with Gasteiger partial charge >= 0.3 is 0 Å². The van der Waals surface area contributed by atoms with Gasteiger partial charge in [-0.25, -0.2) is 0 Å². The molecule has 1 heterocycles. The minimum atomic E-state index is -1.18. The molecule has 1 unspecified atom stereocenters. The number of nitrogens with zero attached hydrogens (tertiary/aromatic N) is 1. The number of phenols is 1. The minimum absolute atomic E-state index is 0.0455. The zero-order chi connectivity index (χ0) is 14.0. The molecule has 0 aliphatic carbocycles. The number of thiazole rings is 1. The average molecular weight is 296 g/mol. The Morgan fingerprint density at radius 2 is 2.26 bits per heavy atom. The number of anilines is 1. The third-order valence-electron chi connectivity index (χ3n) is 2.48. The van der Waals surface area contributed by atoms with Crippen LogP contribution in [0.3, 0.4) is 0 Å². The molecule has 5 nitrogen and oxygen atoms in total. The first-order chi connectivity index (χ1) is 8.99. The summed E-state index contributed by atoms with van der Waals surface area (Å²) in [4.78, 5) is 16.0. The van der Waals surface area contributed by atoms with Crippen LogP contribution >= 0.6 is 11.3 Å². The van der Waals surface area contributed by atoms with Gasteiger partial charge in [-0.15, -0.1) is 0 Å². The van der Waals surface area contributed by atoms with E-state index < -0.39 is 17.1 Å². The van der Waals surface area contributed by atoms with E-state index in [0.29, 0.717) is 15.7 Å². The van der Waals surface area contributed by atoms with E-state index in [1.807, 2.05) is 0 Å². The number of phenolic OH excluding ortho intramolecular Hbond substituents is 1. The largest absolute Gasteiger partial charge is 0.610 e. The Labute approximate surface area is 117 Å². The fraction of sp³-hybridized carbons (Fsp3) is 0.167. The Bertz CT molecular complexity index is 611. The summed E-state index contributed by atoms with van der Waals surface area (Å²) in [7, 11) is 0. The number of aryl methyl sites for hydroxylation is 1. The second-order valence-electron chi connectivity index (χ2n) is 3.87. The molecule has 1 atom stereocenters. The fourth-order valence-corrected chi connectivity index (χ4v) is 2.99. The van der Waals surface area contributed by atoms with Gasteiger partial charge in [0, 0.05) is 11.2 Å². The number of rotatable bonds is 3. The van der Waals surface area contributed by atoms with E-state index in [1.165, 1.54) is 23.7 Å². The van der Waals surface area contributed by atoms with Crippen LogP contribution in [0.15, 0.2) is 28.6 Å². The summed E-state index contributed by atoms with van der Waals surface area (Å²) >= 11 is 0.0163. The lowest BCUT2D eigenvalue weighted by molar-refractivity contribution is 0.102. The maximum absolute atomic E-state index is 12.0. The van der Waals surface area contributed by atoms with Crippen LogP contribution in [0.5, 0.6) is 5.75 Å². The Kier molecular flexibility index (Phi) is 4.08. The van der Waals surface area contributed by atoms with Crippen molar-refractivity contribution in [1.82, 2.24) is 4.98 Å². The van der Waals surface area contributed by atoms with Crippen LogP contribution in [0.1, 0.15) is 15.9 Å². The molecule has 1 aromatic carbocycles. The summed E-state index contributed by atoms with van der Waals surface area (Å²) in [5.41, 5.74) is 0.816. The highest BCUT2D eigenvalue weighted by Gasteiger charge is 2.16. The normalized spacial score (nSPS) is 12.2.